The van der Waals surface area contributed by atoms with Crippen LogP contribution in [0.5, 0.6) is 0 Å². The van der Waals surface area contributed by atoms with Gasteiger partial charge < -0.3 is 0 Å². The van der Waals surface area contributed by atoms with E-state index in [1.165, 1.54) is 89.9 Å². The molecule has 0 nitrogen and oxygen atoms in total. The van der Waals surface area contributed by atoms with E-state index in [2.05, 4.69) is 0 Å². The van der Waals surface area contributed by atoms with E-state index in [9.17, 15) is 0 Å². The molecule has 2 saturated carbocycles. The van der Waals surface area contributed by atoms with Crippen molar-refractivity contribution >= 4 is 8.58 Å². The Morgan fingerprint density at radius 1 is 0.412 bits per heavy atom. The van der Waals surface area contributed by atoms with Crippen LogP contribution in [0.3, 0.4) is 0 Å². The first-order valence-electron chi connectivity index (χ1n) is 8.15. The van der Waals surface area contributed by atoms with Crippen LogP contribution in [0, 0.1) is 0 Å². The van der Waals surface area contributed by atoms with Crippen molar-refractivity contribution < 1.29 is 0 Å². The van der Waals surface area contributed by atoms with Crippen LogP contribution in [0.2, 0.25) is 0 Å². The average Bonchev–Trinajstić information content (AvgIpc) is 2.26. The monoisotopic (exact) mass is 253 g/mol. The van der Waals surface area contributed by atoms with E-state index in [1.54, 1.807) is 0 Å². The average molecular weight is 253 g/mol. The maximum absolute atomic E-state index is 1.84. The maximum atomic E-state index is 1.84. The van der Waals surface area contributed by atoms with Gasteiger partial charge in [0.15, 0.2) is 0 Å². The predicted octanol–water partition coefficient (Wildman–Crippen LogP) is 6.16. The molecule has 1 heteroatoms. The van der Waals surface area contributed by atoms with Gasteiger partial charge in [-0.1, -0.05) is 72.8 Å². The van der Waals surface area contributed by atoms with Gasteiger partial charge in [0.25, 0.3) is 0 Å². The summed E-state index contributed by atoms with van der Waals surface area (Å²) >= 11 is 0. The standard InChI is InChI=1S/C16H30P/c1-2-4-6-8-11-15(12-9-7-5-3-1)17-16-13-10-14-16/h15-16H,1-14H2. The minimum absolute atomic E-state index is 1.07. The van der Waals surface area contributed by atoms with Gasteiger partial charge in [-0.15, -0.1) is 0 Å². The molecule has 0 bridgehead atoms. The lowest BCUT2D eigenvalue weighted by Gasteiger charge is -2.29. The molecular formula is C16H30P. The van der Waals surface area contributed by atoms with Gasteiger partial charge in [-0.2, -0.15) is 0 Å². The number of rotatable bonds is 2. The van der Waals surface area contributed by atoms with Crippen molar-refractivity contribution in [2.24, 2.45) is 0 Å². The molecule has 0 unspecified atom stereocenters. The van der Waals surface area contributed by atoms with Gasteiger partial charge in [-0.25, -0.2) is 0 Å². The van der Waals surface area contributed by atoms with Crippen LogP contribution in [0.15, 0.2) is 0 Å². The Morgan fingerprint density at radius 2 is 0.765 bits per heavy atom. The lowest BCUT2D eigenvalue weighted by molar-refractivity contribution is 0.492. The van der Waals surface area contributed by atoms with Crippen molar-refractivity contribution in [1.29, 1.82) is 0 Å². The van der Waals surface area contributed by atoms with Gasteiger partial charge in [-0.3, -0.25) is 0 Å². The molecule has 2 rings (SSSR count). The van der Waals surface area contributed by atoms with Gasteiger partial charge >= 0.3 is 0 Å². The lowest BCUT2D eigenvalue weighted by atomic mass is 10.00. The van der Waals surface area contributed by atoms with Crippen molar-refractivity contribution in [1.82, 2.24) is 0 Å². The fourth-order valence-electron chi connectivity index (χ4n) is 3.12. The Balaban J connectivity index is 1.67. The van der Waals surface area contributed by atoms with Crippen LogP contribution < -0.4 is 0 Å². The fraction of sp³-hybridized carbons (Fsp3) is 1.00. The summed E-state index contributed by atoms with van der Waals surface area (Å²) in [5.74, 6) is 0. The summed E-state index contributed by atoms with van der Waals surface area (Å²) in [6.07, 6.45) is 21.3. The minimum Gasteiger partial charge on any atom is -0.0741 e. The summed E-state index contributed by atoms with van der Waals surface area (Å²) in [5, 5.41) is 0. The third-order valence-corrected chi connectivity index (χ3v) is 6.45. The highest BCUT2D eigenvalue weighted by Gasteiger charge is 2.22. The highest BCUT2D eigenvalue weighted by Crippen LogP contribution is 2.42. The van der Waals surface area contributed by atoms with Crippen molar-refractivity contribution in [2.45, 2.75) is 101 Å². The normalized spacial score (nSPS) is 27.5. The molecule has 0 amide bonds. The van der Waals surface area contributed by atoms with Crippen molar-refractivity contribution in [3.63, 3.8) is 0 Å². The minimum atomic E-state index is 1.07. The van der Waals surface area contributed by atoms with E-state index in [1.807, 2.05) is 8.58 Å². The second kappa shape index (κ2) is 8.52. The first-order valence-corrected chi connectivity index (χ1v) is 9.18. The van der Waals surface area contributed by atoms with Crippen molar-refractivity contribution in [3.05, 3.63) is 0 Å². The molecule has 0 aromatic carbocycles. The third-order valence-electron chi connectivity index (χ3n) is 4.57. The molecule has 2 fully saturated rings. The molecule has 2 aliphatic carbocycles. The van der Waals surface area contributed by atoms with Crippen LogP contribution in [0.1, 0.15) is 89.9 Å². The quantitative estimate of drug-likeness (QED) is 0.517. The zero-order chi connectivity index (χ0) is 11.8. The zero-order valence-electron chi connectivity index (χ0n) is 11.5. The molecule has 2 aliphatic rings. The Morgan fingerprint density at radius 3 is 1.12 bits per heavy atom. The number of hydrogen-bond donors (Lipinski definition) is 0. The highest BCUT2D eigenvalue weighted by atomic mass is 31.1. The van der Waals surface area contributed by atoms with E-state index in [-0.39, 0.29) is 0 Å². The van der Waals surface area contributed by atoms with Crippen LogP contribution >= 0.6 is 8.58 Å². The van der Waals surface area contributed by atoms with Crippen LogP contribution in [-0.4, -0.2) is 11.3 Å². The van der Waals surface area contributed by atoms with Gasteiger partial charge in [0.2, 0.25) is 0 Å². The fourth-order valence-corrected chi connectivity index (χ4v) is 5.05. The summed E-state index contributed by atoms with van der Waals surface area (Å²) in [6, 6.07) is 0. The Hall–Kier alpha value is 0.430. The van der Waals surface area contributed by atoms with Gasteiger partial charge in [-0.05, 0) is 37.0 Å². The molecule has 0 atom stereocenters. The third kappa shape index (κ3) is 5.73. The summed E-state index contributed by atoms with van der Waals surface area (Å²) < 4.78 is 0. The zero-order valence-corrected chi connectivity index (χ0v) is 12.4. The first-order chi connectivity index (χ1) is 8.45. The summed E-state index contributed by atoms with van der Waals surface area (Å²) in [6.45, 7) is 0. The van der Waals surface area contributed by atoms with E-state index >= 15 is 0 Å². The van der Waals surface area contributed by atoms with Crippen molar-refractivity contribution in [2.75, 3.05) is 0 Å². The molecule has 0 spiro atoms. The Labute approximate surface area is 110 Å². The van der Waals surface area contributed by atoms with Gasteiger partial charge in [0, 0.05) is 0 Å². The molecule has 0 heterocycles. The Kier molecular flexibility index (Phi) is 6.94. The Bertz CT molecular complexity index is 174. The molecule has 0 saturated heterocycles. The van der Waals surface area contributed by atoms with Crippen molar-refractivity contribution in [3.8, 4) is 0 Å². The molecule has 99 valence electrons. The molecular weight excluding hydrogens is 223 g/mol. The smallest absolute Gasteiger partial charge is 0.0168 e. The molecule has 1 radical (unpaired) electrons. The summed E-state index contributed by atoms with van der Waals surface area (Å²) in [5.41, 5.74) is 2.17. The van der Waals surface area contributed by atoms with Crippen LogP contribution in [0.25, 0.3) is 0 Å². The molecule has 0 aliphatic heterocycles. The van der Waals surface area contributed by atoms with Gasteiger partial charge in [0.1, 0.15) is 0 Å². The molecule has 0 aromatic heterocycles. The van der Waals surface area contributed by atoms with Crippen LogP contribution in [0.4, 0.5) is 0 Å². The van der Waals surface area contributed by atoms with Crippen LogP contribution in [-0.2, 0) is 0 Å². The first kappa shape index (κ1) is 13.9. The maximum Gasteiger partial charge on any atom is -0.0168 e. The molecule has 0 N–H and O–H groups in total. The second-order valence-corrected chi connectivity index (χ2v) is 7.91. The largest absolute Gasteiger partial charge is 0.0741 e. The van der Waals surface area contributed by atoms with E-state index in [0.29, 0.717) is 0 Å². The SMILES string of the molecule is C1CCCCCC([P]C2CCC2)CCCCC1. The van der Waals surface area contributed by atoms with E-state index in [4.69, 9.17) is 0 Å². The highest BCUT2D eigenvalue weighted by molar-refractivity contribution is 7.39. The predicted molar refractivity (Wildman–Crippen MR) is 79.1 cm³/mol. The topological polar surface area (TPSA) is 0 Å². The summed E-state index contributed by atoms with van der Waals surface area (Å²) in [7, 11) is 1.84. The summed E-state index contributed by atoms with van der Waals surface area (Å²) in [4.78, 5) is 0. The molecule has 17 heavy (non-hydrogen) atoms. The molecule has 0 aromatic rings. The number of hydrogen-bond acceptors (Lipinski definition) is 0. The van der Waals surface area contributed by atoms with Gasteiger partial charge in [0.05, 0.1) is 0 Å². The van der Waals surface area contributed by atoms with E-state index < -0.39 is 0 Å². The lowest BCUT2D eigenvalue weighted by Crippen LogP contribution is -2.16. The second-order valence-electron chi connectivity index (χ2n) is 6.15. The van der Waals surface area contributed by atoms with E-state index in [0.717, 1.165) is 11.3 Å².